The van der Waals surface area contributed by atoms with E-state index in [1.165, 1.54) is 43.8 Å². The zero-order chi connectivity index (χ0) is 29.3. The van der Waals surface area contributed by atoms with Gasteiger partial charge >= 0.3 is 0 Å². The van der Waals surface area contributed by atoms with Gasteiger partial charge in [-0.25, -0.2) is 0 Å². The fourth-order valence-corrected chi connectivity index (χ4v) is 5.85. The smallest absolute Gasteiger partial charge is 0.0347 e. The molecule has 1 heterocycles. The van der Waals surface area contributed by atoms with Crippen LogP contribution >= 0.6 is 0 Å². The molecule has 0 spiro atoms. The average molecular weight is 545 g/mol. The maximum absolute atomic E-state index is 6.45. The summed E-state index contributed by atoms with van der Waals surface area (Å²) in [6.45, 7) is 8.95. The van der Waals surface area contributed by atoms with Gasteiger partial charge in [0.05, 0.1) is 0 Å². The largest absolute Gasteiger partial charge is 0.404 e. The van der Waals surface area contributed by atoms with E-state index in [0.717, 1.165) is 27.8 Å². The molecule has 0 aliphatic heterocycles. The second kappa shape index (κ2) is 11.1. The summed E-state index contributed by atoms with van der Waals surface area (Å²) in [5.74, 6) is 0. The van der Waals surface area contributed by atoms with Crippen LogP contribution in [0.1, 0.15) is 44.4 Å². The zero-order valence-corrected chi connectivity index (χ0v) is 24.7. The van der Waals surface area contributed by atoms with Gasteiger partial charge in [0.15, 0.2) is 0 Å². The van der Waals surface area contributed by atoms with E-state index in [-0.39, 0.29) is 5.41 Å². The SMILES string of the molecule is C/C(=C\C(=C/N)c1c2ccccc2c(-c2cncc(-c3ccccc3)c2)c2ccc(C(C)(C)C)cc12)c1ccccc1. The van der Waals surface area contributed by atoms with Crippen molar-refractivity contribution in [3.63, 3.8) is 0 Å². The van der Waals surface area contributed by atoms with Gasteiger partial charge in [0, 0.05) is 29.7 Å². The Hall–Kier alpha value is -4.95. The predicted molar refractivity (Wildman–Crippen MR) is 181 cm³/mol. The Labute approximate surface area is 248 Å². The summed E-state index contributed by atoms with van der Waals surface area (Å²) in [6, 6.07) is 38.8. The van der Waals surface area contributed by atoms with E-state index in [0.29, 0.717) is 0 Å². The number of benzene rings is 5. The van der Waals surface area contributed by atoms with Gasteiger partial charge in [-0.1, -0.05) is 118 Å². The summed E-state index contributed by atoms with van der Waals surface area (Å²) in [5.41, 5.74) is 16.8. The highest BCUT2D eigenvalue weighted by molar-refractivity contribution is 6.20. The Balaban J connectivity index is 1.69. The average Bonchev–Trinajstić information content (AvgIpc) is 3.02. The summed E-state index contributed by atoms with van der Waals surface area (Å²) >= 11 is 0. The standard InChI is InChI=1S/C40H36N2/c1-27(28-13-7-5-8-14-28)21-30(24-41)38-34-17-11-12-18-35(34)39(36-20-19-33(23-37(36)38)40(2,3)4)32-22-31(25-42-26-32)29-15-9-6-10-16-29/h5-26H,41H2,1-4H3/b27-21+,30-24+. The van der Waals surface area contributed by atoms with Gasteiger partial charge in [0.2, 0.25) is 0 Å². The first-order chi connectivity index (χ1) is 20.3. The van der Waals surface area contributed by atoms with Crippen molar-refractivity contribution >= 4 is 32.7 Å². The topological polar surface area (TPSA) is 38.9 Å². The molecule has 0 aliphatic carbocycles. The number of nitrogens with two attached hydrogens (primary N) is 1. The van der Waals surface area contributed by atoms with Crippen molar-refractivity contribution in [2.75, 3.05) is 0 Å². The second-order valence-electron chi connectivity index (χ2n) is 11.9. The van der Waals surface area contributed by atoms with Crippen LogP contribution in [0.15, 0.2) is 134 Å². The van der Waals surface area contributed by atoms with Crippen molar-refractivity contribution in [3.8, 4) is 22.3 Å². The lowest BCUT2D eigenvalue weighted by molar-refractivity contribution is 0.591. The van der Waals surface area contributed by atoms with E-state index in [2.05, 4.69) is 131 Å². The monoisotopic (exact) mass is 544 g/mol. The number of hydrogen-bond acceptors (Lipinski definition) is 2. The van der Waals surface area contributed by atoms with Gasteiger partial charge in [-0.2, -0.15) is 0 Å². The highest BCUT2D eigenvalue weighted by Gasteiger charge is 2.21. The van der Waals surface area contributed by atoms with E-state index in [4.69, 9.17) is 10.7 Å². The molecule has 0 amide bonds. The molecule has 0 atom stereocenters. The first-order valence-electron chi connectivity index (χ1n) is 14.5. The van der Waals surface area contributed by atoms with Crippen molar-refractivity contribution in [1.29, 1.82) is 0 Å². The molecule has 0 unspecified atom stereocenters. The molecule has 2 nitrogen and oxygen atoms in total. The number of allylic oxidation sites excluding steroid dienone is 3. The lowest BCUT2D eigenvalue weighted by atomic mass is 9.81. The van der Waals surface area contributed by atoms with Gasteiger partial charge < -0.3 is 5.73 Å². The van der Waals surface area contributed by atoms with Crippen LogP contribution < -0.4 is 5.73 Å². The molecule has 206 valence electrons. The molecule has 6 aromatic rings. The van der Waals surface area contributed by atoms with E-state index in [1.807, 2.05) is 24.5 Å². The Morgan fingerprint density at radius 3 is 1.95 bits per heavy atom. The third-order valence-electron chi connectivity index (χ3n) is 8.09. The Kier molecular flexibility index (Phi) is 7.22. The molecule has 0 fully saturated rings. The van der Waals surface area contributed by atoms with Crippen molar-refractivity contribution in [1.82, 2.24) is 4.98 Å². The number of fused-ring (bicyclic) bond motifs is 2. The van der Waals surface area contributed by atoms with Crippen LogP contribution in [0.5, 0.6) is 0 Å². The minimum atomic E-state index is -0.00552. The lowest BCUT2D eigenvalue weighted by Gasteiger charge is -2.23. The normalized spacial score (nSPS) is 12.7. The molecule has 5 aromatic carbocycles. The fourth-order valence-electron chi connectivity index (χ4n) is 5.85. The zero-order valence-electron chi connectivity index (χ0n) is 24.7. The highest BCUT2D eigenvalue weighted by atomic mass is 14.6. The van der Waals surface area contributed by atoms with E-state index in [9.17, 15) is 0 Å². The molecule has 2 N–H and O–H groups in total. The van der Waals surface area contributed by atoms with Crippen molar-refractivity contribution in [2.45, 2.75) is 33.1 Å². The number of rotatable bonds is 5. The first-order valence-corrected chi connectivity index (χ1v) is 14.5. The van der Waals surface area contributed by atoms with Gasteiger partial charge in [-0.15, -0.1) is 0 Å². The molecular weight excluding hydrogens is 508 g/mol. The van der Waals surface area contributed by atoms with Crippen LogP contribution in [0, 0.1) is 0 Å². The van der Waals surface area contributed by atoms with Crippen molar-refractivity contribution in [3.05, 3.63) is 151 Å². The van der Waals surface area contributed by atoms with Gasteiger partial charge in [0.25, 0.3) is 0 Å². The van der Waals surface area contributed by atoms with Crippen LogP contribution in [0.25, 0.3) is 54.9 Å². The molecule has 2 heteroatoms. The molecule has 0 aliphatic rings. The van der Waals surface area contributed by atoms with Crippen LogP contribution in [-0.4, -0.2) is 4.98 Å². The number of hydrogen-bond donors (Lipinski definition) is 1. The Morgan fingerprint density at radius 2 is 1.26 bits per heavy atom. The van der Waals surface area contributed by atoms with Gasteiger partial charge in [-0.05, 0) is 91.1 Å². The summed E-state index contributed by atoms with van der Waals surface area (Å²) < 4.78 is 0. The molecule has 6 rings (SSSR count). The predicted octanol–water partition coefficient (Wildman–Crippen LogP) is 10.4. The van der Waals surface area contributed by atoms with Gasteiger partial charge in [0.1, 0.15) is 0 Å². The quantitative estimate of drug-likeness (QED) is 0.173. The maximum Gasteiger partial charge on any atom is 0.0347 e. The second-order valence-corrected chi connectivity index (χ2v) is 11.9. The first kappa shape index (κ1) is 27.2. The Bertz CT molecular complexity index is 1960. The Morgan fingerprint density at radius 1 is 0.643 bits per heavy atom. The minimum Gasteiger partial charge on any atom is -0.404 e. The van der Waals surface area contributed by atoms with Crippen LogP contribution in [0.3, 0.4) is 0 Å². The van der Waals surface area contributed by atoms with Crippen molar-refractivity contribution in [2.24, 2.45) is 5.73 Å². The highest BCUT2D eigenvalue weighted by Crippen LogP contribution is 2.44. The summed E-state index contributed by atoms with van der Waals surface area (Å²) in [7, 11) is 0. The van der Waals surface area contributed by atoms with E-state index in [1.54, 1.807) is 6.20 Å². The van der Waals surface area contributed by atoms with Crippen LogP contribution in [0.2, 0.25) is 0 Å². The minimum absolute atomic E-state index is 0.00552. The number of aromatic nitrogens is 1. The van der Waals surface area contributed by atoms with Crippen LogP contribution in [0.4, 0.5) is 0 Å². The molecule has 1 aromatic heterocycles. The van der Waals surface area contributed by atoms with Crippen LogP contribution in [-0.2, 0) is 5.41 Å². The number of nitrogens with zero attached hydrogens (tertiary/aromatic N) is 1. The third kappa shape index (κ3) is 5.12. The van der Waals surface area contributed by atoms with E-state index < -0.39 is 0 Å². The summed E-state index contributed by atoms with van der Waals surface area (Å²) in [6.07, 6.45) is 7.91. The van der Waals surface area contributed by atoms with Crippen molar-refractivity contribution < 1.29 is 0 Å². The molecule has 0 bridgehead atoms. The molecule has 0 saturated heterocycles. The summed E-state index contributed by atoms with van der Waals surface area (Å²) in [4.78, 5) is 4.71. The molecular formula is C40H36N2. The fraction of sp³-hybridized carbons (Fsp3) is 0.125. The van der Waals surface area contributed by atoms with Gasteiger partial charge in [-0.3, -0.25) is 4.98 Å². The third-order valence-corrected chi connectivity index (χ3v) is 8.09. The van der Waals surface area contributed by atoms with E-state index >= 15 is 0 Å². The lowest BCUT2D eigenvalue weighted by Crippen LogP contribution is -2.11. The molecule has 42 heavy (non-hydrogen) atoms. The molecule has 0 radical (unpaired) electrons. The maximum atomic E-state index is 6.45. The number of pyridine rings is 1. The summed E-state index contributed by atoms with van der Waals surface area (Å²) in [5, 5.41) is 4.73. The molecule has 0 saturated carbocycles.